The number of amides is 1. The zero-order chi connectivity index (χ0) is 21.7. The lowest BCUT2D eigenvalue weighted by Gasteiger charge is -2.30. The van der Waals surface area contributed by atoms with Gasteiger partial charge in [0.05, 0.1) is 18.5 Å². The molecule has 1 aromatic carbocycles. The number of benzene rings is 1. The van der Waals surface area contributed by atoms with Crippen LogP contribution in [0.4, 0.5) is 5.82 Å². The molecular weight excluding hydrogens is 447 g/mol. The van der Waals surface area contributed by atoms with Crippen LogP contribution < -0.4 is 5.32 Å². The SMILES string of the molecule is CCCCS(=O)(=O)N1CCC(C(=O)Nc2ccnn2Cc2ccc(Cl)cc2Cl)CC1. The number of carbonyl (C=O) groups is 1. The summed E-state index contributed by atoms with van der Waals surface area (Å²) in [5.41, 5.74) is 0.839. The van der Waals surface area contributed by atoms with Crippen LogP contribution in [0.25, 0.3) is 0 Å². The number of hydrogen-bond donors (Lipinski definition) is 1. The molecule has 2 aromatic rings. The Balaban J connectivity index is 1.58. The number of carbonyl (C=O) groups excluding carboxylic acids is 1. The lowest BCUT2D eigenvalue weighted by molar-refractivity contribution is -0.121. The lowest BCUT2D eigenvalue weighted by Crippen LogP contribution is -2.42. The Hall–Kier alpha value is -1.61. The number of anilines is 1. The van der Waals surface area contributed by atoms with E-state index in [-0.39, 0.29) is 17.6 Å². The predicted octanol–water partition coefficient (Wildman–Crippen LogP) is 4.02. The Morgan fingerprint density at radius 2 is 1.97 bits per heavy atom. The van der Waals surface area contributed by atoms with Gasteiger partial charge in [-0.3, -0.25) is 4.79 Å². The molecule has 7 nitrogen and oxygen atoms in total. The normalized spacial score (nSPS) is 16.0. The van der Waals surface area contributed by atoms with Gasteiger partial charge in [-0.2, -0.15) is 5.10 Å². The average Bonchev–Trinajstić information content (AvgIpc) is 3.15. The molecule has 0 spiro atoms. The summed E-state index contributed by atoms with van der Waals surface area (Å²) in [5, 5.41) is 8.28. The number of hydrogen-bond acceptors (Lipinski definition) is 4. The molecule has 1 aliphatic rings. The van der Waals surface area contributed by atoms with Crippen LogP contribution in [-0.4, -0.2) is 47.3 Å². The van der Waals surface area contributed by atoms with E-state index in [1.165, 1.54) is 4.31 Å². The highest BCUT2D eigenvalue weighted by atomic mass is 35.5. The van der Waals surface area contributed by atoms with Gasteiger partial charge in [-0.25, -0.2) is 17.4 Å². The minimum Gasteiger partial charge on any atom is -0.311 e. The summed E-state index contributed by atoms with van der Waals surface area (Å²) in [5.74, 6) is 0.394. The summed E-state index contributed by atoms with van der Waals surface area (Å²) in [6.45, 7) is 3.12. The van der Waals surface area contributed by atoms with E-state index in [4.69, 9.17) is 23.2 Å². The van der Waals surface area contributed by atoms with Crippen LogP contribution in [0.15, 0.2) is 30.5 Å². The Kier molecular flexibility index (Phi) is 7.79. The number of aromatic nitrogens is 2. The maximum Gasteiger partial charge on any atom is 0.228 e. The molecule has 0 unspecified atom stereocenters. The zero-order valence-corrected chi connectivity index (χ0v) is 19.2. The maximum absolute atomic E-state index is 12.7. The Morgan fingerprint density at radius 3 is 2.63 bits per heavy atom. The fourth-order valence-corrected chi connectivity index (χ4v) is 5.60. The van der Waals surface area contributed by atoms with Crippen molar-refractivity contribution in [3.05, 3.63) is 46.1 Å². The van der Waals surface area contributed by atoms with E-state index in [1.54, 1.807) is 29.1 Å². The molecule has 1 saturated heterocycles. The van der Waals surface area contributed by atoms with Crippen LogP contribution in [0.1, 0.15) is 38.2 Å². The van der Waals surface area contributed by atoms with E-state index in [2.05, 4.69) is 10.4 Å². The second-order valence-corrected chi connectivity index (χ2v) is 10.4. The molecule has 3 rings (SSSR count). The molecule has 10 heteroatoms. The second kappa shape index (κ2) is 10.1. The second-order valence-electron chi connectivity index (χ2n) is 7.44. The third-order valence-corrected chi connectivity index (χ3v) is 7.82. The predicted molar refractivity (Wildman–Crippen MR) is 119 cm³/mol. The zero-order valence-electron chi connectivity index (χ0n) is 16.9. The first kappa shape index (κ1) is 23.1. The molecule has 1 aromatic heterocycles. The molecule has 30 heavy (non-hydrogen) atoms. The largest absolute Gasteiger partial charge is 0.311 e. The average molecular weight is 473 g/mol. The smallest absolute Gasteiger partial charge is 0.228 e. The van der Waals surface area contributed by atoms with Crippen molar-refractivity contribution in [2.45, 2.75) is 39.2 Å². The van der Waals surface area contributed by atoms with Crippen molar-refractivity contribution in [3.63, 3.8) is 0 Å². The monoisotopic (exact) mass is 472 g/mol. The van der Waals surface area contributed by atoms with E-state index < -0.39 is 10.0 Å². The van der Waals surface area contributed by atoms with Gasteiger partial charge in [0.15, 0.2) is 0 Å². The van der Waals surface area contributed by atoms with Crippen molar-refractivity contribution in [1.29, 1.82) is 0 Å². The summed E-state index contributed by atoms with van der Waals surface area (Å²) in [6.07, 6.45) is 4.13. The first-order valence-corrected chi connectivity index (χ1v) is 12.4. The van der Waals surface area contributed by atoms with Crippen LogP contribution >= 0.6 is 23.2 Å². The third-order valence-electron chi connectivity index (χ3n) is 5.28. The molecule has 0 saturated carbocycles. The van der Waals surface area contributed by atoms with Crippen LogP contribution in [-0.2, 0) is 21.4 Å². The standard InChI is InChI=1S/C20H26Cl2N4O3S/c1-2-3-12-30(28,29)25-10-7-15(8-11-25)20(27)24-19-6-9-23-26(19)14-16-4-5-17(21)13-18(16)22/h4-6,9,13,15H,2-3,7-8,10-12,14H2,1H3,(H,24,27). The van der Waals surface area contributed by atoms with Gasteiger partial charge >= 0.3 is 0 Å². The molecule has 1 amide bonds. The van der Waals surface area contributed by atoms with Crippen molar-refractivity contribution in [2.75, 3.05) is 24.2 Å². The number of nitrogens with one attached hydrogen (secondary N) is 1. The number of piperidine rings is 1. The van der Waals surface area contributed by atoms with Gasteiger partial charge in [-0.1, -0.05) is 42.6 Å². The highest BCUT2D eigenvalue weighted by molar-refractivity contribution is 7.89. The summed E-state index contributed by atoms with van der Waals surface area (Å²) >= 11 is 12.2. The highest BCUT2D eigenvalue weighted by Crippen LogP contribution is 2.24. The highest BCUT2D eigenvalue weighted by Gasteiger charge is 2.31. The van der Waals surface area contributed by atoms with Crippen molar-refractivity contribution in [1.82, 2.24) is 14.1 Å². The van der Waals surface area contributed by atoms with E-state index in [9.17, 15) is 13.2 Å². The summed E-state index contributed by atoms with van der Waals surface area (Å²) in [6, 6.07) is 6.98. The van der Waals surface area contributed by atoms with E-state index >= 15 is 0 Å². The minimum absolute atomic E-state index is 0.121. The first-order valence-electron chi connectivity index (χ1n) is 10.0. The van der Waals surface area contributed by atoms with Gasteiger partial charge in [-0.05, 0) is 37.0 Å². The van der Waals surface area contributed by atoms with E-state index in [1.807, 2.05) is 13.0 Å². The van der Waals surface area contributed by atoms with Crippen molar-refractivity contribution >= 4 is 45.0 Å². The molecule has 1 N–H and O–H groups in total. The third kappa shape index (κ3) is 5.75. The van der Waals surface area contributed by atoms with E-state index in [0.29, 0.717) is 54.8 Å². The van der Waals surface area contributed by atoms with Gasteiger partial charge < -0.3 is 5.32 Å². The minimum atomic E-state index is -3.23. The first-order chi connectivity index (χ1) is 14.3. The number of sulfonamides is 1. The molecule has 0 atom stereocenters. The number of nitrogens with zero attached hydrogens (tertiary/aromatic N) is 3. The van der Waals surface area contributed by atoms with Gasteiger partial charge in [0.2, 0.25) is 15.9 Å². The molecule has 2 heterocycles. The van der Waals surface area contributed by atoms with Gasteiger partial charge in [0, 0.05) is 35.1 Å². The van der Waals surface area contributed by atoms with Crippen LogP contribution in [0.2, 0.25) is 10.0 Å². The van der Waals surface area contributed by atoms with Gasteiger partial charge in [0.1, 0.15) is 5.82 Å². The number of rotatable bonds is 8. The maximum atomic E-state index is 12.7. The van der Waals surface area contributed by atoms with Crippen molar-refractivity contribution in [3.8, 4) is 0 Å². The molecule has 0 radical (unpaired) electrons. The fourth-order valence-electron chi connectivity index (χ4n) is 3.46. The Labute approximate surface area is 187 Å². The molecular formula is C20H26Cl2N4O3S. The Morgan fingerprint density at radius 1 is 1.23 bits per heavy atom. The van der Waals surface area contributed by atoms with E-state index in [0.717, 1.165) is 12.0 Å². The molecule has 1 fully saturated rings. The van der Waals surface area contributed by atoms with Crippen molar-refractivity contribution in [2.24, 2.45) is 5.92 Å². The lowest BCUT2D eigenvalue weighted by atomic mass is 9.97. The summed E-state index contributed by atoms with van der Waals surface area (Å²) < 4.78 is 27.9. The molecule has 164 valence electrons. The van der Waals surface area contributed by atoms with Crippen LogP contribution in [0.5, 0.6) is 0 Å². The van der Waals surface area contributed by atoms with Gasteiger partial charge in [0.25, 0.3) is 0 Å². The summed E-state index contributed by atoms with van der Waals surface area (Å²) in [4.78, 5) is 12.7. The Bertz CT molecular complexity index is 986. The molecule has 1 aliphatic heterocycles. The van der Waals surface area contributed by atoms with Crippen LogP contribution in [0, 0.1) is 5.92 Å². The van der Waals surface area contributed by atoms with Gasteiger partial charge in [-0.15, -0.1) is 0 Å². The molecule has 0 aliphatic carbocycles. The van der Waals surface area contributed by atoms with Crippen molar-refractivity contribution < 1.29 is 13.2 Å². The molecule has 0 bridgehead atoms. The topological polar surface area (TPSA) is 84.3 Å². The summed E-state index contributed by atoms with van der Waals surface area (Å²) in [7, 11) is -3.23. The number of unbranched alkanes of at least 4 members (excludes halogenated alkanes) is 1. The van der Waals surface area contributed by atoms with Crippen LogP contribution in [0.3, 0.4) is 0 Å². The fraction of sp³-hybridized carbons (Fsp3) is 0.500. The number of halogens is 2. The quantitative estimate of drug-likeness (QED) is 0.628.